The summed E-state index contributed by atoms with van der Waals surface area (Å²) >= 11 is 5.74. The van der Waals surface area contributed by atoms with E-state index in [0.717, 1.165) is 12.1 Å². The molecule has 1 N–H and O–H groups in total. The standard InChI is InChI=1S/C10H16ClN3O/c1-4-8-5-9(14(3)13-8)10(15)12-6-7(2)11/h5,7H,4,6H2,1-3H3,(H,12,15). The molecule has 1 aromatic heterocycles. The maximum Gasteiger partial charge on any atom is 0.269 e. The number of hydrogen-bond donors (Lipinski definition) is 1. The summed E-state index contributed by atoms with van der Waals surface area (Å²) < 4.78 is 1.59. The second-order valence-electron chi connectivity index (χ2n) is 3.49. The number of halogens is 1. The highest BCUT2D eigenvalue weighted by atomic mass is 35.5. The largest absolute Gasteiger partial charge is 0.349 e. The maximum atomic E-state index is 11.7. The van der Waals surface area contributed by atoms with Gasteiger partial charge in [0.25, 0.3) is 5.91 Å². The highest BCUT2D eigenvalue weighted by molar-refractivity contribution is 6.20. The van der Waals surface area contributed by atoms with Crippen molar-refractivity contribution in [1.29, 1.82) is 0 Å². The van der Waals surface area contributed by atoms with Crippen molar-refractivity contribution in [2.75, 3.05) is 6.54 Å². The monoisotopic (exact) mass is 229 g/mol. The van der Waals surface area contributed by atoms with Crippen molar-refractivity contribution in [3.8, 4) is 0 Å². The first-order valence-corrected chi connectivity index (χ1v) is 5.43. The van der Waals surface area contributed by atoms with Crippen LogP contribution < -0.4 is 5.32 Å². The van der Waals surface area contributed by atoms with Gasteiger partial charge >= 0.3 is 0 Å². The van der Waals surface area contributed by atoms with Crippen molar-refractivity contribution in [2.24, 2.45) is 7.05 Å². The maximum absolute atomic E-state index is 11.7. The molecule has 1 unspecified atom stereocenters. The van der Waals surface area contributed by atoms with Crippen molar-refractivity contribution >= 4 is 17.5 Å². The van der Waals surface area contributed by atoms with Gasteiger partial charge in [-0.3, -0.25) is 9.48 Å². The summed E-state index contributed by atoms with van der Waals surface area (Å²) in [6, 6.07) is 1.80. The Hall–Kier alpha value is -1.03. The van der Waals surface area contributed by atoms with E-state index in [1.807, 2.05) is 13.8 Å². The SMILES string of the molecule is CCc1cc(C(=O)NCC(C)Cl)n(C)n1. The second kappa shape index (κ2) is 5.16. The lowest BCUT2D eigenvalue weighted by Crippen LogP contribution is -2.30. The molecule has 0 aliphatic carbocycles. The van der Waals surface area contributed by atoms with Crippen molar-refractivity contribution in [3.05, 3.63) is 17.5 Å². The number of amides is 1. The van der Waals surface area contributed by atoms with Crippen LogP contribution in [0.2, 0.25) is 0 Å². The summed E-state index contributed by atoms with van der Waals surface area (Å²) in [6.07, 6.45) is 0.826. The van der Waals surface area contributed by atoms with Crippen LogP contribution in [0.1, 0.15) is 30.0 Å². The number of carbonyl (C=O) groups is 1. The van der Waals surface area contributed by atoms with Gasteiger partial charge in [-0.15, -0.1) is 11.6 Å². The molecule has 1 atom stereocenters. The number of alkyl halides is 1. The lowest BCUT2D eigenvalue weighted by atomic mass is 10.3. The first kappa shape index (κ1) is 12.0. The fraction of sp³-hybridized carbons (Fsp3) is 0.600. The third kappa shape index (κ3) is 3.23. The fourth-order valence-electron chi connectivity index (χ4n) is 1.24. The minimum atomic E-state index is -0.128. The van der Waals surface area contributed by atoms with Gasteiger partial charge < -0.3 is 5.32 Å². The Morgan fingerprint density at radius 1 is 1.73 bits per heavy atom. The van der Waals surface area contributed by atoms with E-state index < -0.39 is 0 Å². The Labute approximate surface area is 94.6 Å². The molecule has 15 heavy (non-hydrogen) atoms. The van der Waals surface area contributed by atoms with Gasteiger partial charge in [-0.25, -0.2) is 0 Å². The Balaban J connectivity index is 2.68. The number of rotatable bonds is 4. The Kier molecular flexibility index (Phi) is 4.15. The zero-order valence-corrected chi connectivity index (χ0v) is 10.0. The molecule has 1 rings (SSSR count). The number of hydrogen-bond acceptors (Lipinski definition) is 2. The van der Waals surface area contributed by atoms with Crippen LogP contribution in [0.4, 0.5) is 0 Å². The average Bonchev–Trinajstić information content (AvgIpc) is 2.56. The summed E-state index contributed by atoms with van der Waals surface area (Å²) in [4.78, 5) is 11.7. The molecule has 1 amide bonds. The molecule has 0 bridgehead atoms. The Bertz CT molecular complexity index is 346. The molecular formula is C10H16ClN3O. The van der Waals surface area contributed by atoms with Crippen LogP contribution in [-0.2, 0) is 13.5 Å². The van der Waals surface area contributed by atoms with Crippen LogP contribution in [0.5, 0.6) is 0 Å². The fourth-order valence-corrected chi connectivity index (χ4v) is 1.31. The molecule has 5 heteroatoms. The number of nitrogens with one attached hydrogen (secondary N) is 1. The van der Waals surface area contributed by atoms with Gasteiger partial charge in [0.15, 0.2) is 0 Å². The molecule has 0 saturated carbocycles. The molecule has 4 nitrogen and oxygen atoms in total. The van der Waals surface area contributed by atoms with E-state index >= 15 is 0 Å². The van der Waals surface area contributed by atoms with Crippen LogP contribution in [0.15, 0.2) is 6.07 Å². The van der Waals surface area contributed by atoms with E-state index in [1.165, 1.54) is 0 Å². The van der Waals surface area contributed by atoms with Gasteiger partial charge in [-0.2, -0.15) is 5.10 Å². The van der Waals surface area contributed by atoms with E-state index in [-0.39, 0.29) is 11.3 Å². The molecule has 0 radical (unpaired) electrons. The molecule has 0 aliphatic rings. The van der Waals surface area contributed by atoms with E-state index in [1.54, 1.807) is 17.8 Å². The zero-order chi connectivity index (χ0) is 11.4. The van der Waals surface area contributed by atoms with Crippen molar-refractivity contribution in [3.63, 3.8) is 0 Å². The number of carbonyl (C=O) groups excluding carboxylic acids is 1. The Morgan fingerprint density at radius 3 is 2.87 bits per heavy atom. The third-order valence-corrected chi connectivity index (χ3v) is 2.22. The van der Waals surface area contributed by atoms with Gasteiger partial charge in [0.1, 0.15) is 5.69 Å². The third-order valence-electron chi connectivity index (χ3n) is 2.07. The summed E-state index contributed by atoms with van der Waals surface area (Å²) in [5.74, 6) is -0.128. The summed E-state index contributed by atoms with van der Waals surface area (Å²) in [5, 5.41) is 6.88. The van der Waals surface area contributed by atoms with Gasteiger partial charge in [-0.05, 0) is 19.4 Å². The first-order valence-electron chi connectivity index (χ1n) is 4.99. The molecular weight excluding hydrogens is 214 g/mol. The number of aryl methyl sites for hydroxylation is 2. The zero-order valence-electron chi connectivity index (χ0n) is 9.25. The minimum absolute atomic E-state index is 0.0622. The number of aromatic nitrogens is 2. The topological polar surface area (TPSA) is 46.9 Å². The summed E-state index contributed by atoms with van der Waals surface area (Å²) in [5.41, 5.74) is 1.49. The van der Waals surface area contributed by atoms with Gasteiger partial charge in [0, 0.05) is 19.0 Å². The average molecular weight is 230 g/mol. The quantitative estimate of drug-likeness (QED) is 0.793. The minimum Gasteiger partial charge on any atom is -0.349 e. The molecule has 0 saturated heterocycles. The van der Waals surface area contributed by atoms with E-state index in [9.17, 15) is 4.79 Å². The predicted octanol–water partition coefficient (Wildman–Crippen LogP) is 1.34. The van der Waals surface area contributed by atoms with Crippen molar-refractivity contribution < 1.29 is 4.79 Å². The molecule has 0 fully saturated rings. The van der Waals surface area contributed by atoms with E-state index in [4.69, 9.17) is 11.6 Å². The van der Waals surface area contributed by atoms with Crippen LogP contribution >= 0.6 is 11.6 Å². The van der Waals surface area contributed by atoms with E-state index in [2.05, 4.69) is 10.4 Å². The molecule has 0 aliphatic heterocycles. The van der Waals surface area contributed by atoms with Gasteiger partial charge in [-0.1, -0.05) is 6.92 Å². The van der Waals surface area contributed by atoms with Crippen LogP contribution in [-0.4, -0.2) is 27.6 Å². The summed E-state index contributed by atoms with van der Waals surface area (Å²) in [6.45, 7) is 4.31. The molecule has 1 heterocycles. The first-order chi connectivity index (χ1) is 7.04. The lowest BCUT2D eigenvalue weighted by Gasteiger charge is -2.05. The smallest absolute Gasteiger partial charge is 0.269 e. The van der Waals surface area contributed by atoms with Crippen molar-refractivity contribution in [1.82, 2.24) is 15.1 Å². The van der Waals surface area contributed by atoms with E-state index in [0.29, 0.717) is 12.2 Å². The molecule has 0 aromatic carbocycles. The Morgan fingerprint density at radius 2 is 2.40 bits per heavy atom. The second-order valence-corrected chi connectivity index (χ2v) is 4.23. The van der Waals surface area contributed by atoms with Crippen LogP contribution in [0.25, 0.3) is 0 Å². The van der Waals surface area contributed by atoms with Crippen LogP contribution in [0.3, 0.4) is 0 Å². The lowest BCUT2D eigenvalue weighted by molar-refractivity contribution is 0.0944. The molecule has 0 spiro atoms. The summed E-state index contributed by atoms with van der Waals surface area (Å²) in [7, 11) is 1.76. The van der Waals surface area contributed by atoms with Crippen molar-refractivity contribution in [2.45, 2.75) is 25.6 Å². The van der Waals surface area contributed by atoms with Crippen LogP contribution in [0, 0.1) is 0 Å². The van der Waals surface area contributed by atoms with Gasteiger partial charge in [0.05, 0.1) is 5.69 Å². The highest BCUT2D eigenvalue weighted by Crippen LogP contribution is 2.03. The van der Waals surface area contributed by atoms with Gasteiger partial charge in [0.2, 0.25) is 0 Å². The highest BCUT2D eigenvalue weighted by Gasteiger charge is 2.12. The predicted molar refractivity (Wildman–Crippen MR) is 60.2 cm³/mol. The normalized spacial score (nSPS) is 12.5. The number of nitrogens with zero attached hydrogens (tertiary/aromatic N) is 2. The molecule has 1 aromatic rings. The molecule has 84 valence electrons.